The molecule has 1 aliphatic heterocycles. The average molecular weight is 837 g/mol. The summed E-state index contributed by atoms with van der Waals surface area (Å²) >= 11 is 0. The Hall–Kier alpha value is -4.57. The van der Waals surface area contributed by atoms with Crippen LogP contribution in [0.4, 0.5) is 17.6 Å². The normalized spacial score (nSPS) is 16.3. The van der Waals surface area contributed by atoms with Gasteiger partial charge >= 0.3 is 5.97 Å². The Morgan fingerprint density at radius 2 is 1.36 bits per heavy atom. The number of nitrogens with zero attached hydrogens (tertiary/aromatic N) is 1. The summed E-state index contributed by atoms with van der Waals surface area (Å²) in [6, 6.07) is 27.0. The third-order valence-electron chi connectivity index (χ3n) is 10.6. The molecule has 316 valence electrons. The molecule has 59 heavy (non-hydrogen) atoms. The first-order chi connectivity index (χ1) is 28.2. The second-order valence-electron chi connectivity index (χ2n) is 15.8. The SMILES string of the molecule is C[C@@H]1Cc2c([nH]c3ccccc23)[C@@H](c2c(F)cc(OCCOCCOCCOCC(=O)O)cc2F)N1CC(F)(F)CO[Si](c1ccccc1)(c1ccccc1)C(C)(C)C. The summed E-state index contributed by atoms with van der Waals surface area (Å²) in [6.07, 6.45) is 0.384. The molecule has 0 saturated heterocycles. The average Bonchev–Trinajstić information content (AvgIpc) is 3.56. The Labute approximate surface area is 343 Å². The van der Waals surface area contributed by atoms with E-state index < -0.39 is 68.7 Å². The van der Waals surface area contributed by atoms with Crippen molar-refractivity contribution in [2.75, 3.05) is 59.4 Å². The van der Waals surface area contributed by atoms with Gasteiger partial charge < -0.3 is 33.5 Å². The maximum atomic E-state index is 16.8. The number of rotatable bonds is 20. The number of carboxylic acid groups (broad SMARTS) is 1. The molecule has 4 aromatic carbocycles. The van der Waals surface area contributed by atoms with Crippen LogP contribution in [0.2, 0.25) is 5.04 Å². The van der Waals surface area contributed by atoms with Crippen LogP contribution in [0.5, 0.6) is 5.75 Å². The van der Waals surface area contributed by atoms with Gasteiger partial charge in [-0.05, 0) is 40.4 Å². The quantitative estimate of drug-likeness (QED) is 0.0473. The molecule has 1 aromatic heterocycles. The molecule has 0 bridgehead atoms. The van der Waals surface area contributed by atoms with Crippen LogP contribution in [-0.2, 0) is 29.9 Å². The number of halogens is 4. The fourth-order valence-corrected chi connectivity index (χ4v) is 12.7. The highest BCUT2D eigenvalue weighted by molar-refractivity contribution is 6.99. The van der Waals surface area contributed by atoms with E-state index in [1.54, 1.807) is 0 Å². The highest BCUT2D eigenvalue weighted by Gasteiger charge is 2.52. The van der Waals surface area contributed by atoms with Gasteiger partial charge in [-0.15, -0.1) is 0 Å². The van der Waals surface area contributed by atoms with E-state index >= 15 is 17.6 Å². The van der Waals surface area contributed by atoms with Crippen molar-refractivity contribution in [1.29, 1.82) is 0 Å². The van der Waals surface area contributed by atoms with E-state index in [0.29, 0.717) is 12.1 Å². The zero-order valence-corrected chi connectivity index (χ0v) is 34.8. The van der Waals surface area contributed by atoms with Gasteiger partial charge in [0.25, 0.3) is 14.2 Å². The lowest BCUT2D eigenvalue weighted by Gasteiger charge is -2.45. The predicted octanol–water partition coefficient (Wildman–Crippen LogP) is 7.51. The summed E-state index contributed by atoms with van der Waals surface area (Å²) in [5, 5.41) is 10.7. The largest absolute Gasteiger partial charge is 0.491 e. The van der Waals surface area contributed by atoms with E-state index in [0.717, 1.165) is 39.0 Å². The Bertz CT molecular complexity index is 2090. The zero-order valence-electron chi connectivity index (χ0n) is 33.8. The first-order valence-corrected chi connectivity index (χ1v) is 21.7. The lowest BCUT2D eigenvalue weighted by molar-refractivity contribution is -0.142. The Morgan fingerprint density at radius 3 is 1.93 bits per heavy atom. The molecule has 0 fully saturated rings. The Morgan fingerprint density at radius 1 is 0.814 bits per heavy atom. The lowest BCUT2D eigenvalue weighted by atomic mass is 9.87. The predicted molar refractivity (Wildman–Crippen MR) is 220 cm³/mol. The minimum Gasteiger partial charge on any atom is -0.491 e. The number of fused-ring (bicyclic) bond motifs is 3. The molecule has 0 radical (unpaired) electrons. The molecule has 0 amide bonds. The van der Waals surface area contributed by atoms with E-state index in [4.69, 9.17) is 28.5 Å². The van der Waals surface area contributed by atoms with Crippen molar-refractivity contribution >= 4 is 35.6 Å². The molecule has 9 nitrogen and oxygen atoms in total. The maximum Gasteiger partial charge on any atom is 0.329 e. The Kier molecular flexibility index (Phi) is 14.3. The van der Waals surface area contributed by atoms with Crippen molar-refractivity contribution in [2.24, 2.45) is 0 Å². The highest BCUT2D eigenvalue weighted by Crippen LogP contribution is 2.45. The van der Waals surface area contributed by atoms with Crippen molar-refractivity contribution in [3.63, 3.8) is 0 Å². The van der Waals surface area contributed by atoms with Crippen molar-refractivity contribution < 1.29 is 50.8 Å². The standard InChI is InChI=1S/C45H52F4N2O7Si/c1-31-25-36-35-17-11-12-18-39(35)50-42(36)43(41-37(46)26-32(27-38(41)47)57-24-23-55-20-19-54-21-22-56-28-40(52)53)51(31)29-45(48,49)30-58-59(44(2,3)4,33-13-7-5-8-14-33)34-15-9-6-10-16-34/h5-18,26-27,31,43,50H,19-25,28-30H2,1-4H3,(H,52,53)/t31-,43-/m1/s1. The van der Waals surface area contributed by atoms with Crippen molar-refractivity contribution in [2.45, 2.75) is 57.2 Å². The molecule has 2 N–H and O–H groups in total. The molecule has 2 heterocycles. The number of hydrogen-bond donors (Lipinski definition) is 2. The molecule has 6 rings (SSSR count). The Balaban J connectivity index is 1.23. The van der Waals surface area contributed by atoms with Gasteiger partial charge in [0, 0.05) is 40.3 Å². The van der Waals surface area contributed by atoms with Gasteiger partial charge in [-0.2, -0.15) is 0 Å². The topological polar surface area (TPSA) is 102 Å². The minimum atomic E-state index is -3.43. The summed E-state index contributed by atoms with van der Waals surface area (Å²) in [4.78, 5) is 15.3. The van der Waals surface area contributed by atoms with Crippen molar-refractivity contribution in [3.8, 4) is 5.75 Å². The van der Waals surface area contributed by atoms with Crippen LogP contribution in [0.15, 0.2) is 97.1 Å². The van der Waals surface area contributed by atoms with Crippen molar-refractivity contribution in [3.05, 3.63) is 126 Å². The molecular formula is C45H52F4N2O7Si. The van der Waals surface area contributed by atoms with E-state index in [1.807, 2.05) is 113 Å². The van der Waals surface area contributed by atoms with Gasteiger partial charge in [0.15, 0.2) is 0 Å². The summed E-state index contributed by atoms with van der Waals surface area (Å²) in [6.45, 7) is 6.58. The highest BCUT2D eigenvalue weighted by atomic mass is 28.4. The van der Waals surface area contributed by atoms with E-state index in [-0.39, 0.29) is 51.0 Å². The zero-order chi connectivity index (χ0) is 42.2. The lowest BCUT2D eigenvalue weighted by Crippen LogP contribution is -2.67. The molecule has 1 aliphatic rings. The van der Waals surface area contributed by atoms with Crippen LogP contribution in [0.3, 0.4) is 0 Å². The van der Waals surface area contributed by atoms with Crippen molar-refractivity contribution in [1.82, 2.24) is 9.88 Å². The number of carboxylic acids is 1. The number of alkyl halides is 2. The van der Waals surface area contributed by atoms with Crippen LogP contribution in [0.25, 0.3) is 10.9 Å². The summed E-state index contributed by atoms with van der Waals surface area (Å²) in [7, 11) is -3.33. The number of ether oxygens (including phenoxy) is 4. The van der Waals surface area contributed by atoms with Gasteiger partial charge in [0.05, 0.1) is 52.2 Å². The molecule has 2 atom stereocenters. The van der Waals surface area contributed by atoms with Crippen LogP contribution >= 0.6 is 0 Å². The summed E-state index contributed by atoms with van der Waals surface area (Å²) in [5.74, 6) is -6.43. The van der Waals surface area contributed by atoms with Gasteiger partial charge in [0.1, 0.15) is 30.6 Å². The molecule has 5 aromatic rings. The fraction of sp³-hybridized carbons (Fsp3) is 0.400. The third-order valence-corrected chi connectivity index (χ3v) is 15.6. The number of nitrogens with one attached hydrogen (secondary N) is 1. The summed E-state index contributed by atoms with van der Waals surface area (Å²) in [5.41, 5.74) is 1.68. The first kappa shape index (κ1) is 44.0. The second kappa shape index (κ2) is 19.2. The molecular weight excluding hydrogens is 785 g/mol. The smallest absolute Gasteiger partial charge is 0.329 e. The molecule has 0 unspecified atom stereocenters. The van der Waals surface area contributed by atoms with Crippen LogP contribution in [-0.4, -0.2) is 101 Å². The van der Waals surface area contributed by atoms with Crippen LogP contribution < -0.4 is 15.1 Å². The number of aromatic amines is 1. The number of carbonyl (C=O) groups is 1. The molecule has 0 aliphatic carbocycles. The monoisotopic (exact) mass is 836 g/mol. The third kappa shape index (κ3) is 10.2. The first-order valence-electron chi connectivity index (χ1n) is 19.8. The molecule has 0 spiro atoms. The van der Waals surface area contributed by atoms with Gasteiger partial charge in [-0.25, -0.2) is 22.4 Å². The van der Waals surface area contributed by atoms with E-state index in [2.05, 4.69) is 4.98 Å². The van der Waals surface area contributed by atoms with Crippen LogP contribution in [0.1, 0.15) is 50.6 Å². The minimum absolute atomic E-state index is 0.0176. The number of hydrogen-bond acceptors (Lipinski definition) is 7. The maximum absolute atomic E-state index is 16.8. The van der Waals surface area contributed by atoms with Crippen LogP contribution in [0, 0.1) is 11.6 Å². The molecule has 14 heteroatoms. The fourth-order valence-electron chi connectivity index (χ4n) is 8.08. The van der Waals surface area contributed by atoms with E-state index in [1.165, 1.54) is 4.90 Å². The van der Waals surface area contributed by atoms with E-state index in [9.17, 15) is 4.79 Å². The second-order valence-corrected chi connectivity index (χ2v) is 20.1. The number of benzene rings is 4. The number of para-hydroxylation sites is 1. The number of aromatic nitrogens is 1. The molecule has 0 saturated carbocycles. The van der Waals surface area contributed by atoms with Gasteiger partial charge in [0.2, 0.25) is 0 Å². The number of aliphatic carboxylic acids is 1. The van der Waals surface area contributed by atoms with Gasteiger partial charge in [-0.3, -0.25) is 4.90 Å². The van der Waals surface area contributed by atoms with Gasteiger partial charge in [-0.1, -0.05) is 99.6 Å². The number of H-pyrrole nitrogens is 1. The summed E-state index contributed by atoms with van der Waals surface area (Å²) < 4.78 is 94.3.